The maximum absolute atomic E-state index is 13.3. The van der Waals surface area contributed by atoms with Gasteiger partial charge in [-0.2, -0.15) is 0 Å². The predicted octanol–water partition coefficient (Wildman–Crippen LogP) is 5.68. The normalized spacial score (nSPS) is 15.9. The lowest BCUT2D eigenvalue weighted by atomic mass is 9.94. The van der Waals surface area contributed by atoms with E-state index in [0.29, 0.717) is 0 Å². The molecule has 0 spiro atoms. The number of fused-ring (bicyclic) bond motifs is 1. The fourth-order valence-electron chi connectivity index (χ4n) is 3.64. The molecular weight excluding hydrogens is 349 g/mol. The van der Waals surface area contributed by atoms with Crippen molar-refractivity contribution in [1.82, 2.24) is 9.55 Å². The van der Waals surface area contributed by atoms with Crippen LogP contribution >= 0.6 is 0 Å². The molecule has 28 heavy (non-hydrogen) atoms. The van der Waals surface area contributed by atoms with E-state index in [9.17, 15) is 4.39 Å². The van der Waals surface area contributed by atoms with Crippen molar-refractivity contribution in [3.63, 3.8) is 0 Å². The first-order chi connectivity index (χ1) is 13.7. The predicted molar refractivity (Wildman–Crippen MR) is 111 cm³/mol. The summed E-state index contributed by atoms with van der Waals surface area (Å²) < 4.78 is 15.4. The second-order valence-corrected chi connectivity index (χ2v) is 7.03. The fourth-order valence-corrected chi connectivity index (χ4v) is 3.64. The van der Waals surface area contributed by atoms with Crippen molar-refractivity contribution in [3.8, 4) is 5.69 Å². The molecule has 0 saturated heterocycles. The Morgan fingerprint density at radius 2 is 1.71 bits per heavy atom. The number of aryl methyl sites for hydroxylation is 1. The van der Waals surface area contributed by atoms with Gasteiger partial charge in [0.1, 0.15) is 18.2 Å². The summed E-state index contributed by atoms with van der Waals surface area (Å²) in [6.45, 7) is 2.08. The van der Waals surface area contributed by atoms with Gasteiger partial charge in [0, 0.05) is 11.9 Å². The Morgan fingerprint density at radius 1 is 0.929 bits per heavy atom. The molecule has 0 fully saturated rings. The first-order valence-electron chi connectivity index (χ1n) is 9.22. The maximum Gasteiger partial charge on any atom is 0.123 e. The van der Waals surface area contributed by atoms with E-state index in [0.717, 1.165) is 33.4 Å². The molecule has 0 aliphatic carbocycles. The molecule has 1 atom stereocenters. The smallest absolute Gasteiger partial charge is 0.123 e. The molecule has 2 heterocycles. The van der Waals surface area contributed by atoms with E-state index in [1.165, 1.54) is 17.7 Å². The summed E-state index contributed by atoms with van der Waals surface area (Å²) in [6, 6.07) is 21.1. The molecule has 4 aromatic rings. The third-order valence-corrected chi connectivity index (χ3v) is 5.16. The van der Waals surface area contributed by atoms with Crippen LogP contribution in [0, 0.1) is 12.7 Å². The molecule has 136 valence electrons. The SMILES string of the molecule is Cc1ccc(-n2cnc3ccc(C4=CC=NC4c4ccc(F)cc4)cc32)cc1. The van der Waals surface area contributed by atoms with Gasteiger partial charge in [-0.1, -0.05) is 35.9 Å². The third kappa shape index (κ3) is 2.83. The van der Waals surface area contributed by atoms with Crippen LogP contribution in [0.3, 0.4) is 0 Å². The minimum Gasteiger partial charge on any atom is -0.299 e. The van der Waals surface area contributed by atoms with Gasteiger partial charge in [-0.25, -0.2) is 9.37 Å². The Kier molecular flexibility index (Phi) is 3.90. The van der Waals surface area contributed by atoms with Crippen molar-refractivity contribution in [2.24, 2.45) is 4.99 Å². The first-order valence-corrected chi connectivity index (χ1v) is 9.22. The van der Waals surface area contributed by atoms with E-state index in [4.69, 9.17) is 0 Å². The minimum atomic E-state index is -0.236. The van der Waals surface area contributed by atoms with Crippen LogP contribution in [-0.2, 0) is 0 Å². The van der Waals surface area contributed by atoms with E-state index in [1.54, 1.807) is 12.1 Å². The molecule has 3 nitrogen and oxygen atoms in total. The molecule has 1 aromatic heterocycles. The molecule has 0 amide bonds. The fraction of sp³-hybridized carbons (Fsp3) is 0.0833. The van der Waals surface area contributed by atoms with Gasteiger partial charge in [0.15, 0.2) is 0 Å². The van der Waals surface area contributed by atoms with Crippen molar-refractivity contribution < 1.29 is 4.39 Å². The van der Waals surface area contributed by atoms with Crippen LogP contribution in [0.25, 0.3) is 22.3 Å². The molecule has 1 unspecified atom stereocenters. The molecule has 0 N–H and O–H groups in total. The van der Waals surface area contributed by atoms with E-state index >= 15 is 0 Å². The van der Waals surface area contributed by atoms with Gasteiger partial charge in [0.05, 0.1) is 11.0 Å². The largest absolute Gasteiger partial charge is 0.299 e. The van der Waals surface area contributed by atoms with Crippen molar-refractivity contribution in [2.75, 3.05) is 0 Å². The monoisotopic (exact) mass is 367 g/mol. The summed E-state index contributed by atoms with van der Waals surface area (Å²) in [5, 5.41) is 0. The van der Waals surface area contributed by atoms with E-state index < -0.39 is 0 Å². The van der Waals surface area contributed by atoms with Crippen LogP contribution in [0.5, 0.6) is 0 Å². The Bertz CT molecular complexity index is 1220. The lowest BCUT2D eigenvalue weighted by Crippen LogP contribution is -1.98. The second-order valence-electron chi connectivity index (χ2n) is 7.03. The third-order valence-electron chi connectivity index (χ3n) is 5.16. The number of hydrogen-bond acceptors (Lipinski definition) is 2. The Balaban J connectivity index is 1.57. The van der Waals surface area contributed by atoms with Gasteiger partial charge in [0.25, 0.3) is 0 Å². The quantitative estimate of drug-likeness (QED) is 0.458. The zero-order valence-electron chi connectivity index (χ0n) is 15.4. The van der Waals surface area contributed by atoms with Crippen LogP contribution in [0.2, 0.25) is 0 Å². The molecule has 0 radical (unpaired) electrons. The van der Waals surface area contributed by atoms with Gasteiger partial charge >= 0.3 is 0 Å². The van der Waals surface area contributed by atoms with Gasteiger partial charge in [-0.05, 0) is 66.1 Å². The number of imidazole rings is 1. The van der Waals surface area contributed by atoms with E-state index in [2.05, 4.69) is 57.9 Å². The molecule has 3 aromatic carbocycles. The zero-order valence-corrected chi connectivity index (χ0v) is 15.4. The van der Waals surface area contributed by atoms with Gasteiger partial charge < -0.3 is 0 Å². The topological polar surface area (TPSA) is 30.2 Å². The standard InChI is InChI=1S/C24H18FN3/c1-16-2-9-20(10-3-16)28-15-27-22-11-6-18(14-23(22)28)21-12-13-26-24(21)17-4-7-19(25)8-5-17/h2-15,24H,1H3. The molecule has 1 aliphatic heterocycles. The summed E-state index contributed by atoms with van der Waals surface area (Å²) >= 11 is 0. The van der Waals surface area contributed by atoms with E-state index in [-0.39, 0.29) is 11.9 Å². The molecule has 5 rings (SSSR count). The number of aliphatic imine (C=N–C) groups is 1. The summed E-state index contributed by atoms with van der Waals surface area (Å²) in [5.74, 6) is -0.236. The number of rotatable bonds is 3. The van der Waals surface area contributed by atoms with Crippen LogP contribution in [-0.4, -0.2) is 15.8 Å². The summed E-state index contributed by atoms with van der Waals surface area (Å²) in [6.07, 6.45) is 5.71. The number of benzene rings is 3. The van der Waals surface area contributed by atoms with Crippen molar-refractivity contribution in [2.45, 2.75) is 13.0 Å². The van der Waals surface area contributed by atoms with Crippen molar-refractivity contribution in [1.29, 1.82) is 0 Å². The average molecular weight is 367 g/mol. The van der Waals surface area contributed by atoms with Crippen LogP contribution in [0.4, 0.5) is 4.39 Å². The van der Waals surface area contributed by atoms with Gasteiger partial charge in [-0.15, -0.1) is 0 Å². The van der Waals surface area contributed by atoms with Gasteiger partial charge in [0.2, 0.25) is 0 Å². The highest BCUT2D eigenvalue weighted by atomic mass is 19.1. The maximum atomic E-state index is 13.3. The lowest BCUT2D eigenvalue weighted by molar-refractivity contribution is 0.626. The number of aromatic nitrogens is 2. The lowest BCUT2D eigenvalue weighted by Gasteiger charge is -2.14. The molecule has 0 bridgehead atoms. The molecule has 0 saturated carbocycles. The Labute approximate surface area is 162 Å². The van der Waals surface area contributed by atoms with Crippen LogP contribution in [0.15, 0.2) is 84.1 Å². The van der Waals surface area contributed by atoms with Crippen molar-refractivity contribution in [3.05, 3.63) is 102 Å². The highest BCUT2D eigenvalue weighted by Gasteiger charge is 2.21. The number of allylic oxidation sites excluding steroid dienone is 1. The molecule has 1 aliphatic rings. The van der Waals surface area contributed by atoms with Crippen LogP contribution < -0.4 is 0 Å². The number of nitrogens with zero attached hydrogens (tertiary/aromatic N) is 3. The first kappa shape index (κ1) is 16.6. The highest BCUT2D eigenvalue weighted by molar-refractivity contribution is 5.94. The summed E-state index contributed by atoms with van der Waals surface area (Å²) in [5.41, 5.74) is 7.47. The summed E-state index contributed by atoms with van der Waals surface area (Å²) in [4.78, 5) is 9.13. The second kappa shape index (κ2) is 6.57. The zero-order chi connectivity index (χ0) is 19.1. The van der Waals surface area contributed by atoms with Crippen molar-refractivity contribution >= 4 is 22.8 Å². The van der Waals surface area contributed by atoms with Crippen LogP contribution in [0.1, 0.15) is 22.7 Å². The highest BCUT2D eigenvalue weighted by Crippen LogP contribution is 2.37. The minimum absolute atomic E-state index is 0.117. The number of halogens is 1. The number of hydrogen-bond donors (Lipinski definition) is 0. The molecular formula is C24H18FN3. The van der Waals surface area contributed by atoms with Gasteiger partial charge in [-0.3, -0.25) is 9.56 Å². The Hall–Kier alpha value is -3.53. The van der Waals surface area contributed by atoms with E-state index in [1.807, 2.05) is 24.7 Å². The summed E-state index contributed by atoms with van der Waals surface area (Å²) in [7, 11) is 0. The molecule has 4 heteroatoms. The Morgan fingerprint density at radius 3 is 2.50 bits per heavy atom. The average Bonchev–Trinajstić information content (AvgIpc) is 3.36.